The van der Waals surface area contributed by atoms with Gasteiger partial charge < -0.3 is 4.90 Å². The van der Waals surface area contributed by atoms with Gasteiger partial charge in [0.15, 0.2) is 9.84 Å². The van der Waals surface area contributed by atoms with E-state index in [4.69, 9.17) is 6.42 Å². The van der Waals surface area contributed by atoms with Gasteiger partial charge in [-0.1, -0.05) is 5.92 Å². The van der Waals surface area contributed by atoms with Crippen molar-refractivity contribution in [2.75, 3.05) is 18.1 Å². The van der Waals surface area contributed by atoms with Gasteiger partial charge in [0.05, 0.1) is 29.8 Å². The fraction of sp³-hybridized carbons (Fsp3) is 0.500. The molecule has 0 bridgehead atoms. The van der Waals surface area contributed by atoms with Gasteiger partial charge in [-0.25, -0.2) is 8.42 Å². The fourth-order valence-electron chi connectivity index (χ4n) is 2.21. The van der Waals surface area contributed by atoms with E-state index in [0.717, 1.165) is 0 Å². The standard InChI is InChI=1S/C12H15N3O3S/c1-3-5-15(10-4-6-19(17,18)8-10)12(16)11-7-13-14-9(11)2/h1,7,10H,4-6,8H2,2H3,(H,13,14). The average Bonchev–Trinajstić information content (AvgIpc) is 2.91. The van der Waals surface area contributed by atoms with E-state index >= 15 is 0 Å². The zero-order valence-corrected chi connectivity index (χ0v) is 11.4. The minimum absolute atomic E-state index is 0.0165. The lowest BCUT2D eigenvalue weighted by molar-refractivity contribution is 0.0723. The van der Waals surface area contributed by atoms with E-state index in [2.05, 4.69) is 16.1 Å². The summed E-state index contributed by atoms with van der Waals surface area (Å²) in [6.45, 7) is 1.84. The number of H-pyrrole nitrogens is 1. The number of nitrogens with zero attached hydrogens (tertiary/aromatic N) is 2. The Morgan fingerprint density at radius 1 is 1.68 bits per heavy atom. The third kappa shape index (κ3) is 2.79. The highest BCUT2D eigenvalue weighted by molar-refractivity contribution is 7.91. The molecule has 0 radical (unpaired) electrons. The molecule has 6 nitrogen and oxygen atoms in total. The molecule has 0 saturated carbocycles. The lowest BCUT2D eigenvalue weighted by atomic mass is 10.1. The average molecular weight is 281 g/mol. The summed E-state index contributed by atoms with van der Waals surface area (Å²) < 4.78 is 23.0. The van der Waals surface area contributed by atoms with Crippen molar-refractivity contribution in [3.8, 4) is 12.3 Å². The molecule has 1 amide bonds. The van der Waals surface area contributed by atoms with E-state index in [-0.39, 0.29) is 30.0 Å². The van der Waals surface area contributed by atoms with E-state index in [0.29, 0.717) is 17.7 Å². The Bertz CT molecular complexity index is 627. The maximum atomic E-state index is 12.4. The second-order valence-electron chi connectivity index (χ2n) is 4.60. The highest BCUT2D eigenvalue weighted by Gasteiger charge is 2.35. The molecule has 1 saturated heterocycles. The number of aromatic amines is 1. The first-order valence-corrected chi connectivity index (χ1v) is 7.71. The SMILES string of the molecule is C#CCN(C(=O)c1cn[nH]c1C)C1CCS(=O)(=O)C1. The van der Waals surface area contributed by atoms with Gasteiger partial charge in [0.2, 0.25) is 0 Å². The molecule has 7 heteroatoms. The Labute approximate surface area is 112 Å². The van der Waals surface area contributed by atoms with Crippen LogP contribution in [0.4, 0.5) is 0 Å². The summed E-state index contributed by atoms with van der Waals surface area (Å²) in [4.78, 5) is 13.8. The maximum absolute atomic E-state index is 12.4. The van der Waals surface area contributed by atoms with Crippen LogP contribution in [-0.2, 0) is 9.84 Å². The van der Waals surface area contributed by atoms with Crippen molar-refractivity contribution in [1.82, 2.24) is 15.1 Å². The third-order valence-corrected chi connectivity index (χ3v) is 4.98. The number of hydrogen-bond acceptors (Lipinski definition) is 4. The number of terminal acetylenes is 1. The molecule has 0 aromatic carbocycles. The predicted molar refractivity (Wildman–Crippen MR) is 70.3 cm³/mol. The molecule has 1 aliphatic heterocycles. The van der Waals surface area contributed by atoms with Gasteiger partial charge >= 0.3 is 0 Å². The summed E-state index contributed by atoms with van der Waals surface area (Å²) in [5.74, 6) is 2.23. The number of sulfone groups is 1. The molecule has 102 valence electrons. The Balaban J connectivity index is 2.24. The zero-order chi connectivity index (χ0) is 14.0. The van der Waals surface area contributed by atoms with Crippen LogP contribution in [0.2, 0.25) is 0 Å². The van der Waals surface area contributed by atoms with Crippen LogP contribution < -0.4 is 0 Å². The van der Waals surface area contributed by atoms with E-state index in [9.17, 15) is 13.2 Å². The highest BCUT2D eigenvalue weighted by Crippen LogP contribution is 2.20. The summed E-state index contributed by atoms with van der Waals surface area (Å²) in [5, 5.41) is 6.48. The van der Waals surface area contributed by atoms with Crippen LogP contribution in [0, 0.1) is 19.3 Å². The van der Waals surface area contributed by atoms with Gasteiger partial charge in [0.1, 0.15) is 0 Å². The minimum Gasteiger partial charge on any atom is -0.323 e. The second-order valence-corrected chi connectivity index (χ2v) is 6.83. The first kappa shape index (κ1) is 13.6. The summed E-state index contributed by atoms with van der Waals surface area (Å²) in [7, 11) is -3.06. The monoisotopic (exact) mass is 281 g/mol. The lowest BCUT2D eigenvalue weighted by Crippen LogP contribution is -2.41. The molecule has 1 N–H and O–H groups in total. The van der Waals surface area contributed by atoms with Crippen LogP contribution in [0.15, 0.2) is 6.20 Å². The number of amides is 1. The molecule has 0 aliphatic carbocycles. The Morgan fingerprint density at radius 2 is 2.42 bits per heavy atom. The van der Waals surface area contributed by atoms with Gasteiger partial charge in [-0.3, -0.25) is 9.89 Å². The van der Waals surface area contributed by atoms with E-state index in [1.807, 2.05) is 0 Å². The van der Waals surface area contributed by atoms with Crippen LogP contribution in [0.5, 0.6) is 0 Å². The molecule has 1 aliphatic rings. The maximum Gasteiger partial charge on any atom is 0.258 e. The lowest BCUT2D eigenvalue weighted by Gasteiger charge is -2.25. The number of carbonyl (C=O) groups excluding carboxylic acids is 1. The van der Waals surface area contributed by atoms with Crippen LogP contribution in [0.1, 0.15) is 22.5 Å². The Morgan fingerprint density at radius 3 is 2.89 bits per heavy atom. The van der Waals surface area contributed by atoms with Crippen molar-refractivity contribution >= 4 is 15.7 Å². The largest absolute Gasteiger partial charge is 0.323 e. The van der Waals surface area contributed by atoms with Gasteiger partial charge in [0.25, 0.3) is 5.91 Å². The Kier molecular flexibility index (Phi) is 3.62. The molecule has 1 atom stereocenters. The topological polar surface area (TPSA) is 83.1 Å². The van der Waals surface area contributed by atoms with Gasteiger partial charge in [-0.2, -0.15) is 5.10 Å². The van der Waals surface area contributed by atoms with E-state index < -0.39 is 9.84 Å². The molecular weight excluding hydrogens is 266 g/mol. The number of nitrogens with one attached hydrogen (secondary N) is 1. The number of aromatic nitrogens is 2. The van der Waals surface area contributed by atoms with Gasteiger partial charge in [-0.15, -0.1) is 6.42 Å². The van der Waals surface area contributed by atoms with Crippen molar-refractivity contribution in [2.45, 2.75) is 19.4 Å². The Hall–Kier alpha value is -1.81. The van der Waals surface area contributed by atoms with Crippen LogP contribution in [-0.4, -0.2) is 53.5 Å². The molecule has 2 rings (SSSR count). The van der Waals surface area contributed by atoms with Crippen molar-refractivity contribution in [1.29, 1.82) is 0 Å². The number of aryl methyl sites for hydroxylation is 1. The zero-order valence-electron chi connectivity index (χ0n) is 10.6. The van der Waals surface area contributed by atoms with Gasteiger partial charge in [0, 0.05) is 11.7 Å². The van der Waals surface area contributed by atoms with Crippen molar-refractivity contribution in [3.05, 3.63) is 17.5 Å². The normalized spacial score (nSPS) is 20.9. The molecule has 1 aromatic heterocycles. The van der Waals surface area contributed by atoms with E-state index in [1.165, 1.54) is 11.1 Å². The number of hydrogen-bond donors (Lipinski definition) is 1. The number of carbonyl (C=O) groups is 1. The van der Waals surface area contributed by atoms with Crippen molar-refractivity contribution in [2.24, 2.45) is 0 Å². The molecule has 1 fully saturated rings. The molecule has 19 heavy (non-hydrogen) atoms. The molecule has 1 aromatic rings. The first-order valence-electron chi connectivity index (χ1n) is 5.89. The smallest absolute Gasteiger partial charge is 0.258 e. The molecule has 2 heterocycles. The molecule has 0 spiro atoms. The summed E-state index contributed by atoms with van der Waals surface area (Å²) >= 11 is 0. The van der Waals surface area contributed by atoms with E-state index in [1.54, 1.807) is 6.92 Å². The summed E-state index contributed by atoms with van der Waals surface area (Å²) in [5.41, 5.74) is 1.08. The fourth-order valence-corrected chi connectivity index (χ4v) is 3.94. The van der Waals surface area contributed by atoms with Crippen LogP contribution >= 0.6 is 0 Å². The molecular formula is C12H15N3O3S. The minimum atomic E-state index is -3.06. The summed E-state index contributed by atoms with van der Waals surface area (Å²) in [6, 6.07) is -0.345. The van der Waals surface area contributed by atoms with Gasteiger partial charge in [-0.05, 0) is 13.3 Å². The number of rotatable bonds is 3. The quantitative estimate of drug-likeness (QED) is 0.789. The first-order chi connectivity index (χ1) is 8.94. The molecule has 1 unspecified atom stereocenters. The van der Waals surface area contributed by atoms with Crippen LogP contribution in [0.3, 0.4) is 0 Å². The predicted octanol–water partition coefficient (Wildman–Crippen LogP) is -0.0194. The third-order valence-electron chi connectivity index (χ3n) is 3.23. The second kappa shape index (κ2) is 5.05. The summed E-state index contributed by atoms with van der Waals surface area (Å²) in [6.07, 6.45) is 7.15. The van der Waals surface area contributed by atoms with Crippen molar-refractivity contribution in [3.63, 3.8) is 0 Å². The highest BCUT2D eigenvalue weighted by atomic mass is 32.2. The van der Waals surface area contributed by atoms with Crippen molar-refractivity contribution < 1.29 is 13.2 Å². The van der Waals surface area contributed by atoms with Crippen LogP contribution in [0.25, 0.3) is 0 Å².